The van der Waals surface area contributed by atoms with Gasteiger partial charge in [-0.25, -0.2) is 0 Å². The zero-order valence-electron chi connectivity index (χ0n) is 13.5. The molecule has 1 heterocycles. The van der Waals surface area contributed by atoms with E-state index in [1.54, 1.807) is 17.1 Å². The Morgan fingerprint density at radius 1 is 1.36 bits per heavy atom. The topological polar surface area (TPSA) is 63.1 Å². The first kappa shape index (κ1) is 16.0. The molecular weight excluding hydrogens is 278 g/mol. The Balaban J connectivity index is 2.09. The van der Waals surface area contributed by atoms with Crippen molar-refractivity contribution in [3.05, 3.63) is 42.2 Å². The van der Waals surface area contributed by atoms with Crippen molar-refractivity contribution in [1.82, 2.24) is 20.3 Å². The van der Waals surface area contributed by atoms with Gasteiger partial charge in [-0.05, 0) is 24.1 Å². The number of benzene rings is 1. The second-order valence-electron chi connectivity index (χ2n) is 5.89. The molecule has 6 nitrogen and oxygen atoms in total. The second-order valence-corrected chi connectivity index (χ2v) is 5.89. The average molecular weight is 301 g/mol. The first-order valence-corrected chi connectivity index (χ1v) is 7.39. The third-order valence-corrected chi connectivity index (χ3v) is 3.60. The van der Waals surface area contributed by atoms with Crippen LogP contribution in [-0.4, -0.2) is 41.0 Å². The first-order valence-electron chi connectivity index (χ1n) is 7.39. The van der Waals surface area contributed by atoms with E-state index in [9.17, 15) is 4.79 Å². The van der Waals surface area contributed by atoms with Gasteiger partial charge in [0.1, 0.15) is 0 Å². The van der Waals surface area contributed by atoms with Crippen molar-refractivity contribution in [3.63, 3.8) is 0 Å². The largest absolute Gasteiger partial charge is 0.378 e. The van der Waals surface area contributed by atoms with Crippen LogP contribution in [0.15, 0.2) is 36.7 Å². The summed E-state index contributed by atoms with van der Waals surface area (Å²) in [6, 6.07) is 7.59. The van der Waals surface area contributed by atoms with Gasteiger partial charge in [0.25, 0.3) is 5.91 Å². The van der Waals surface area contributed by atoms with Gasteiger partial charge in [0.05, 0.1) is 18.8 Å². The number of hydrogen-bond acceptors (Lipinski definition) is 4. The minimum absolute atomic E-state index is 0.00258. The lowest BCUT2D eigenvalue weighted by molar-refractivity contribution is 0.0919. The van der Waals surface area contributed by atoms with E-state index in [2.05, 4.69) is 29.5 Å². The van der Waals surface area contributed by atoms with Gasteiger partial charge in [-0.3, -0.25) is 9.48 Å². The van der Waals surface area contributed by atoms with E-state index >= 15 is 0 Å². The molecule has 0 radical (unpaired) electrons. The van der Waals surface area contributed by atoms with Crippen molar-refractivity contribution in [3.8, 4) is 0 Å². The maximum atomic E-state index is 12.5. The number of nitrogens with one attached hydrogen (secondary N) is 1. The highest BCUT2D eigenvalue weighted by molar-refractivity contribution is 5.95. The summed E-state index contributed by atoms with van der Waals surface area (Å²) in [6.45, 7) is 4.77. The lowest BCUT2D eigenvalue weighted by Gasteiger charge is -2.22. The molecule has 1 aromatic carbocycles. The van der Waals surface area contributed by atoms with Crippen LogP contribution in [0, 0.1) is 5.92 Å². The predicted octanol–water partition coefficient (Wildman–Crippen LogP) is 1.80. The Labute approximate surface area is 131 Å². The molecule has 0 aliphatic rings. The van der Waals surface area contributed by atoms with E-state index in [1.165, 1.54) is 0 Å². The second kappa shape index (κ2) is 7.06. The molecule has 0 saturated heterocycles. The van der Waals surface area contributed by atoms with Gasteiger partial charge in [0.2, 0.25) is 0 Å². The normalized spacial score (nSPS) is 12.2. The Morgan fingerprint density at radius 2 is 2.14 bits per heavy atom. The third kappa shape index (κ3) is 4.07. The molecule has 6 heteroatoms. The number of anilines is 1. The monoisotopic (exact) mass is 301 g/mol. The smallest absolute Gasteiger partial charge is 0.251 e. The summed E-state index contributed by atoms with van der Waals surface area (Å²) in [6.07, 6.45) is 3.44. The van der Waals surface area contributed by atoms with Gasteiger partial charge in [0.15, 0.2) is 0 Å². The zero-order chi connectivity index (χ0) is 16.1. The number of rotatable bonds is 6. The van der Waals surface area contributed by atoms with Crippen molar-refractivity contribution < 1.29 is 4.79 Å². The van der Waals surface area contributed by atoms with Gasteiger partial charge in [-0.2, -0.15) is 0 Å². The van der Waals surface area contributed by atoms with Gasteiger partial charge >= 0.3 is 0 Å². The Kier molecular flexibility index (Phi) is 5.14. The maximum absolute atomic E-state index is 12.5. The standard InChI is InChI=1S/C16H23N5O/c1-12(2)15(11-21-9-8-17-19-21)18-16(22)13-6-5-7-14(10-13)20(3)4/h5-10,12,15H,11H2,1-4H3,(H,18,22). The molecule has 22 heavy (non-hydrogen) atoms. The highest BCUT2D eigenvalue weighted by Crippen LogP contribution is 2.14. The number of carbonyl (C=O) groups excluding carboxylic acids is 1. The van der Waals surface area contributed by atoms with Crippen molar-refractivity contribution in [2.45, 2.75) is 26.4 Å². The molecule has 0 aliphatic carbocycles. The minimum Gasteiger partial charge on any atom is -0.378 e. The summed E-state index contributed by atoms with van der Waals surface area (Å²) < 4.78 is 1.74. The fourth-order valence-electron chi connectivity index (χ4n) is 2.13. The van der Waals surface area contributed by atoms with E-state index in [1.807, 2.05) is 43.3 Å². The van der Waals surface area contributed by atoms with Crippen LogP contribution >= 0.6 is 0 Å². The molecule has 1 N–H and O–H groups in total. The summed E-state index contributed by atoms with van der Waals surface area (Å²) >= 11 is 0. The number of amides is 1. The SMILES string of the molecule is CC(C)C(Cn1ccnn1)NC(=O)c1cccc(N(C)C)c1. The zero-order valence-corrected chi connectivity index (χ0v) is 13.5. The minimum atomic E-state index is -0.0671. The van der Waals surface area contributed by atoms with Crippen LogP contribution in [0.25, 0.3) is 0 Å². The average Bonchev–Trinajstić information content (AvgIpc) is 2.99. The lowest BCUT2D eigenvalue weighted by Crippen LogP contribution is -2.41. The van der Waals surface area contributed by atoms with Gasteiger partial charge in [0, 0.05) is 31.5 Å². The molecule has 1 unspecified atom stereocenters. The van der Waals surface area contributed by atoms with Crippen molar-refractivity contribution in [2.24, 2.45) is 5.92 Å². The molecule has 2 aromatic rings. The number of aromatic nitrogens is 3. The van der Waals surface area contributed by atoms with E-state index in [0.29, 0.717) is 18.0 Å². The fourth-order valence-corrected chi connectivity index (χ4v) is 2.13. The molecule has 0 aliphatic heterocycles. The Morgan fingerprint density at radius 3 is 2.73 bits per heavy atom. The predicted molar refractivity (Wildman–Crippen MR) is 86.9 cm³/mol. The maximum Gasteiger partial charge on any atom is 0.251 e. The lowest BCUT2D eigenvalue weighted by atomic mass is 10.0. The Bertz CT molecular complexity index is 607. The van der Waals surface area contributed by atoms with Crippen LogP contribution in [0.4, 0.5) is 5.69 Å². The summed E-state index contributed by atoms with van der Waals surface area (Å²) in [5.41, 5.74) is 1.67. The van der Waals surface area contributed by atoms with Crippen molar-refractivity contribution in [1.29, 1.82) is 0 Å². The molecule has 118 valence electrons. The van der Waals surface area contributed by atoms with E-state index in [0.717, 1.165) is 5.69 Å². The van der Waals surface area contributed by atoms with Gasteiger partial charge in [-0.1, -0.05) is 25.1 Å². The molecular formula is C16H23N5O. The van der Waals surface area contributed by atoms with Crippen LogP contribution in [0.2, 0.25) is 0 Å². The molecule has 2 rings (SSSR count). The molecule has 0 bridgehead atoms. The van der Waals surface area contributed by atoms with E-state index in [-0.39, 0.29) is 11.9 Å². The third-order valence-electron chi connectivity index (χ3n) is 3.60. The van der Waals surface area contributed by atoms with Crippen LogP contribution < -0.4 is 10.2 Å². The summed E-state index contributed by atoms with van der Waals surface area (Å²) in [5.74, 6) is 0.229. The highest BCUT2D eigenvalue weighted by Gasteiger charge is 2.18. The molecule has 0 saturated carbocycles. The van der Waals surface area contributed by atoms with Crippen molar-refractivity contribution >= 4 is 11.6 Å². The quantitative estimate of drug-likeness (QED) is 0.883. The molecule has 1 amide bonds. The van der Waals surface area contributed by atoms with Crippen LogP contribution in [0.5, 0.6) is 0 Å². The first-order chi connectivity index (χ1) is 10.5. The number of nitrogens with zero attached hydrogens (tertiary/aromatic N) is 4. The van der Waals surface area contributed by atoms with Gasteiger partial charge < -0.3 is 10.2 Å². The van der Waals surface area contributed by atoms with Gasteiger partial charge in [-0.15, -0.1) is 5.10 Å². The Hall–Kier alpha value is -2.37. The summed E-state index contributed by atoms with van der Waals surface area (Å²) in [4.78, 5) is 14.5. The summed E-state index contributed by atoms with van der Waals surface area (Å²) in [5, 5.41) is 10.9. The fraction of sp³-hybridized carbons (Fsp3) is 0.438. The van der Waals surface area contributed by atoms with E-state index < -0.39 is 0 Å². The van der Waals surface area contributed by atoms with Crippen LogP contribution in [-0.2, 0) is 6.54 Å². The molecule has 0 spiro atoms. The van der Waals surface area contributed by atoms with Crippen LogP contribution in [0.1, 0.15) is 24.2 Å². The highest BCUT2D eigenvalue weighted by atomic mass is 16.1. The number of carbonyl (C=O) groups is 1. The molecule has 1 atom stereocenters. The van der Waals surface area contributed by atoms with Crippen molar-refractivity contribution in [2.75, 3.05) is 19.0 Å². The van der Waals surface area contributed by atoms with Crippen LogP contribution in [0.3, 0.4) is 0 Å². The summed E-state index contributed by atoms with van der Waals surface area (Å²) in [7, 11) is 3.91. The van der Waals surface area contributed by atoms with E-state index in [4.69, 9.17) is 0 Å². The molecule has 0 fully saturated rings. The number of hydrogen-bond donors (Lipinski definition) is 1. The molecule has 1 aromatic heterocycles.